The Bertz CT molecular complexity index is 155. The van der Waals surface area contributed by atoms with Crippen molar-refractivity contribution in [1.82, 2.24) is 4.90 Å². The van der Waals surface area contributed by atoms with Crippen molar-refractivity contribution in [2.45, 2.75) is 12.8 Å². The Labute approximate surface area is 84.8 Å². The fraction of sp³-hybridized carbons (Fsp3) is 0.900. The minimum absolute atomic E-state index is 0.201. The Hall–Kier alpha value is -0.450. The fourth-order valence-electron chi connectivity index (χ4n) is 1.72. The molecule has 1 aliphatic rings. The van der Waals surface area contributed by atoms with Gasteiger partial charge in [0.25, 0.3) is 0 Å². The number of nitrogens with zero attached hydrogens (tertiary/aromatic N) is 1. The number of likely N-dealkylation sites (tertiary alicyclic amines) is 1. The van der Waals surface area contributed by atoms with Crippen LogP contribution in [0.5, 0.6) is 0 Å². The lowest BCUT2D eigenvalue weighted by Gasteiger charge is -2.30. The smallest absolute Gasteiger partial charge is 0.145 e. The van der Waals surface area contributed by atoms with Crippen molar-refractivity contribution in [3.05, 3.63) is 0 Å². The van der Waals surface area contributed by atoms with E-state index in [-0.39, 0.29) is 6.61 Å². The van der Waals surface area contributed by atoms with Crippen LogP contribution in [-0.4, -0.2) is 55.7 Å². The molecule has 1 saturated heterocycles. The van der Waals surface area contributed by atoms with E-state index < -0.39 is 0 Å². The first-order valence-corrected chi connectivity index (χ1v) is 5.21. The molecule has 0 aromatic heterocycles. The summed E-state index contributed by atoms with van der Waals surface area (Å²) in [5.41, 5.74) is 0. The number of aldehydes is 1. The van der Waals surface area contributed by atoms with Crippen LogP contribution < -0.4 is 0 Å². The molecule has 1 N–H and O–H groups in total. The molecule has 0 atom stereocenters. The van der Waals surface area contributed by atoms with Crippen LogP contribution in [0.25, 0.3) is 0 Å². The zero-order valence-corrected chi connectivity index (χ0v) is 8.52. The molecule has 0 spiro atoms. The largest absolute Gasteiger partial charge is 0.396 e. The van der Waals surface area contributed by atoms with E-state index in [2.05, 4.69) is 4.90 Å². The van der Waals surface area contributed by atoms with Crippen LogP contribution in [0, 0.1) is 5.92 Å². The van der Waals surface area contributed by atoms with Gasteiger partial charge in [-0.05, 0) is 31.8 Å². The molecule has 1 rings (SSSR count). The molecule has 14 heavy (non-hydrogen) atoms. The third kappa shape index (κ3) is 4.17. The standard InChI is InChI=1S/C10H19NO3/c12-6-8-14-7-5-11-3-1-10(9-13)2-4-11/h6,10,13H,1-5,7-9H2. The fourth-order valence-corrected chi connectivity index (χ4v) is 1.72. The summed E-state index contributed by atoms with van der Waals surface area (Å²) in [7, 11) is 0. The highest BCUT2D eigenvalue weighted by Gasteiger charge is 2.17. The minimum Gasteiger partial charge on any atom is -0.396 e. The molecule has 0 saturated carbocycles. The quantitative estimate of drug-likeness (QED) is 0.482. The minimum atomic E-state index is 0.201. The first kappa shape index (κ1) is 11.6. The molecule has 0 radical (unpaired) electrons. The number of carbonyl (C=O) groups is 1. The van der Waals surface area contributed by atoms with Gasteiger partial charge in [-0.3, -0.25) is 0 Å². The van der Waals surface area contributed by atoms with Crippen molar-refractivity contribution >= 4 is 6.29 Å². The predicted octanol–water partition coefficient (Wildman–Crippen LogP) is -0.0938. The van der Waals surface area contributed by atoms with Gasteiger partial charge in [0.05, 0.1) is 6.61 Å². The molecule has 0 bridgehead atoms. The van der Waals surface area contributed by atoms with Gasteiger partial charge in [0.1, 0.15) is 12.9 Å². The van der Waals surface area contributed by atoms with Crippen LogP contribution in [0.3, 0.4) is 0 Å². The van der Waals surface area contributed by atoms with Gasteiger partial charge in [-0.15, -0.1) is 0 Å². The summed E-state index contributed by atoms with van der Waals surface area (Å²) in [5.74, 6) is 0.488. The maximum absolute atomic E-state index is 9.97. The Kier molecular flexibility index (Phi) is 5.75. The second-order valence-corrected chi connectivity index (χ2v) is 3.71. The summed E-state index contributed by atoms with van der Waals surface area (Å²) in [6.45, 7) is 4.11. The Morgan fingerprint density at radius 2 is 2.14 bits per heavy atom. The molecule has 0 unspecified atom stereocenters. The van der Waals surface area contributed by atoms with Gasteiger partial charge < -0.3 is 19.5 Å². The zero-order chi connectivity index (χ0) is 10.2. The number of hydrogen-bond donors (Lipinski definition) is 1. The summed E-state index contributed by atoms with van der Waals surface area (Å²) in [5, 5.41) is 8.94. The normalized spacial score (nSPS) is 19.8. The summed E-state index contributed by atoms with van der Waals surface area (Å²) in [6, 6.07) is 0. The van der Waals surface area contributed by atoms with Crippen molar-refractivity contribution < 1.29 is 14.6 Å². The summed E-state index contributed by atoms with van der Waals surface area (Å²) in [4.78, 5) is 12.3. The molecule has 0 aromatic rings. The Morgan fingerprint density at radius 1 is 1.43 bits per heavy atom. The number of piperidine rings is 1. The molecule has 1 fully saturated rings. The van der Waals surface area contributed by atoms with E-state index in [1.54, 1.807) is 0 Å². The Morgan fingerprint density at radius 3 is 2.71 bits per heavy atom. The second-order valence-electron chi connectivity index (χ2n) is 3.71. The average Bonchev–Trinajstić information content (AvgIpc) is 2.25. The number of carbonyl (C=O) groups excluding carboxylic acids is 1. The number of ether oxygens (including phenoxy) is 1. The van der Waals surface area contributed by atoms with Crippen LogP contribution in [0.2, 0.25) is 0 Å². The molecular formula is C10H19NO3. The third-order valence-corrected chi connectivity index (χ3v) is 2.70. The lowest BCUT2D eigenvalue weighted by Crippen LogP contribution is -2.36. The topological polar surface area (TPSA) is 49.8 Å². The summed E-state index contributed by atoms with van der Waals surface area (Å²) < 4.78 is 5.08. The van der Waals surface area contributed by atoms with E-state index >= 15 is 0 Å². The number of hydrogen-bond acceptors (Lipinski definition) is 4. The van der Waals surface area contributed by atoms with Crippen molar-refractivity contribution in [3.63, 3.8) is 0 Å². The van der Waals surface area contributed by atoms with Crippen LogP contribution in [0.1, 0.15) is 12.8 Å². The van der Waals surface area contributed by atoms with Crippen molar-refractivity contribution in [2.24, 2.45) is 5.92 Å². The first-order valence-electron chi connectivity index (χ1n) is 5.21. The van der Waals surface area contributed by atoms with E-state index in [1.165, 1.54) is 0 Å². The van der Waals surface area contributed by atoms with Gasteiger partial charge in [-0.1, -0.05) is 0 Å². The molecule has 0 aromatic carbocycles. The molecule has 82 valence electrons. The maximum Gasteiger partial charge on any atom is 0.145 e. The van der Waals surface area contributed by atoms with Gasteiger partial charge in [0, 0.05) is 13.2 Å². The first-order chi connectivity index (χ1) is 6.86. The van der Waals surface area contributed by atoms with Gasteiger partial charge in [0.2, 0.25) is 0 Å². The van der Waals surface area contributed by atoms with E-state index in [9.17, 15) is 4.79 Å². The Balaban J connectivity index is 2.01. The number of rotatable bonds is 6. The van der Waals surface area contributed by atoms with Crippen LogP contribution >= 0.6 is 0 Å². The van der Waals surface area contributed by atoms with Crippen LogP contribution in [0.4, 0.5) is 0 Å². The molecule has 4 heteroatoms. The molecule has 4 nitrogen and oxygen atoms in total. The van der Waals surface area contributed by atoms with Gasteiger partial charge in [-0.2, -0.15) is 0 Å². The van der Waals surface area contributed by atoms with E-state index in [0.717, 1.165) is 38.8 Å². The lowest BCUT2D eigenvalue weighted by molar-refractivity contribution is -0.112. The van der Waals surface area contributed by atoms with Crippen molar-refractivity contribution in [3.8, 4) is 0 Å². The SMILES string of the molecule is O=CCOCCN1CCC(CO)CC1. The molecule has 1 heterocycles. The monoisotopic (exact) mass is 201 g/mol. The number of aliphatic hydroxyl groups is 1. The molecule has 0 aliphatic carbocycles. The summed E-state index contributed by atoms with van der Waals surface area (Å²) in [6.07, 6.45) is 2.92. The zero-order valence-electron chi connectivity index (χ0n) is 8.52. The van der Waals surface area contributed by atoms with Gasteiger partial charge in [0.15, 0.2) is 0 Å². The number of aliphatic hydroxyl groups excluding tert-OH is 1. The average molecular weight is 201 g/mol. The summed E-state index contributed by atoms with van der Waals surface area (Å²) >= 11 is 0. The maximum atomic E-state index is 9.97. The molecule has 1 aliphatic heterocycles. The highest BCUT2D eigenvalue weighted by atomic mass is 16.5. The second kappa shape index (κ2) is 6.92. The van der Waals surface area contributed by atoms with Crippen molar-refractivity contribution in [2.75, 3.05) is 39.5 Å². The highest BCUT2D eigenvalue weighted by molar-refractivity contribution is 5.50. The molecule has 0 amide bonds. The van der Waals surface area contributed by atoms with E-state index in [4.69, 9.17) is 9.84 Å². The van der Waals surface area contributed by atoms with E-state index in [1.807, 2.05) is 0 Å². The lowest BCUT2D eigenvalue weighted by atomic mass is 9.98. The van der Waals surface area contributed by atoms with Crippen molar-refractivity contribution in [1.29, 1.82) is 0 Å². The predicted molar refractivity (Wildman–Crippen MR) is 53.1 cm³/mol. The molecular weight excluding hydrogens is 182 g/mol. The van der Waals surface area contributed by atoms with Crippen LogP contribution in [-0.2, 0) is 9.53 Å². The highest BCUT2D eigenvalue weighted by Crippen LogP contribution is 2.15. The third-order valence-electron chi connectivity index (χ3n) is 2.70. The van der Waals surface area contributed by atoms with Gasteiger partial charge >= 0.3 is 0 Å². The van der Waals surface area contributed by atoms with Crippen LogP contribution in [0.15, 0.2) is 0 Å². The van der Waals surface area contributed by atoms with E-state index in [0.29, 0.717) is 19.1 Å². The van der Waals surface area contributed by atoms with Gasteiger partial charge in [-0.25, -0.2) is 0 Å².